The van der Waals surface area contributed by atoms with Gasteiger partial charge in [-0.15, -0.1) is 5.10 Å². The van der Waals surface area contributed by atoms with E-state index in [1.807, 2.05) is 42.5 Å². The summed E-state index contributed by atoms with van der Waals surface area (Å²) < 4.78 is 0. The molecule has 4 heteroatoms. The molecule has 0 aliphatic carbocycles. The van der Waals surface area contributed by atoms with Crippen LogP contribution in [-0.4, -0.2) is 20.8 Å². The van der Waals surface area contributed by atoms with Gasteiger partial charge in [0, 0.05) is 11.1 Å². The molecule has 0 saturated heterocycles. The number of rotatable bonds is 3. The largest absolute Gasteiger partial charge is 0.295 e. The molecule has 1 heterocycles. The molecule has 4 nitrogen and oxygen atoms in total. The Kier molecular flexibility index (Phi) is 3.13. The molecule has 0 aliphatic heterocycles. The van der Waals surface area contributed by atoms with Gasteiger partial charge >= 0.3 is 0 Å². The topological polar surface area (TPSA) is 47.8 Å². The molecular weight excluding hydrogens is 250 g/mol. The molecule has 0 radical (unpaired) electrons. The lowest BCUT2D eigenvalue weighted by Crippen LogP contribution is -2.01. The van der Waals surface area contributed by atoms with Crippen LogP contribution in [0.5, 0.6) is 0 Å². The van der Waals surface area contributed by atoms with Gasteiger partial charge in [-0.3, -0.25) is 4.79 Å². The van der Waals surface area contributed by atoms with Crippen molar-refractivity contribution < 1.29 is 4.79 Å². The van der Waals surface area contributed by atoms with Crippen LogP contribution in [0.3, 0.4) is 0 Å². The second kappa shape index (κ2) is 5.09. The highest BCUT2D eigenvalue weighted by molar-refractivity contribution is 5.94. The maximum Gasteiger partial charge on any atom is 0.159 e. The first-order chi connectivity index (χ1) is 9.74. The van der Waals surface area contributed by atoms with Crippen LogP contribution in [-0.2, 0) is 0 Å². The lowest BCUT2D eigenvalue weighted by molar-refractivity contribution is 0.101. The van der Waals surface area contributed by atoms with Gasteiger partial charge in [0.1, 0.15) is 5.69 Å². The number of carbonyl (C=O) groups excluding carboxylic acids is 1. The van der Waals surface area contributed by atoms with E-state index in [1.54, 1.807) is 25.3 Å². The smallest absolute Gasteiger partial charge is 0.159 e. The number of ketones is 1. The van der Waals surface area contributed by atoms with Crippen molar-refractivity contribution in [3.63, 3.8) is 0 Å². The lowest BCUT2D eigenvalue weighted by atomic mass is 10.1. The van der Waals surface area contributed by atoms with Gasteiger partial charge in [-0.05, 0) is 19.1 Å². The molecule has 3 aromatic rings. The van der Waals surface area contributed by atoms with E-state index in [1.165, 1.54) is 4.80 Å². The summed E-state index contributed by atoms with van der Waals surface area (Å²) in [6.07, 6.45) is 1.72. The molecule has 98 valence electrons. The van der Waals surface area contributed by atoms with Gasteiger partial charge in [-0.1, -0.05) is 42.5 Å². The number of hydrogen-bond acceptors (Lipinski definition) is 3. The number of carbonyl (C=O) groups is 1. The van der Waals surface area contributed by atoms with Crippen LogP contribution in [0.4, 0.5) is 0 Å². The molecule has 0 atom stereocenters. The fraction of sp³-hybridized carbons (Fsp3) is 0.0625. The third-order valence-electron chi connectivity index (χ3n) is 3.05. The minimum atomic E-state index is 0.0299. The second-order valence-corrected chi connectivity index (χ2v) is 4.49. The van der Waals surface area contributed by atoms with Crippen molar-refractivity contribution in [3.8, 4) is 16.9 Å². The molecule has 1 aromatic heterocycles. The van der Waals surface area contributed by atoms with Crippen LogP contribution in [0.25, 0.3) is 16.9 Å². The zero-order chi connectivity index (χ0) is 13.9. The van der Waals surface area contributed by atoms with Crippen molar-refractivity contribution in [2.24, 2.45) is 0 Å². The van der Waals surface area contributed by atoms with Crippen LogP contribution in [0, 0.1) is 0 Å². The molecule has 0 unspecified atom stereocenters. The van der Waals surface area contributed by atoms with E-state index in [9.17, 15) is 4.79 Å². The number of nitrogens with zero attached hydrogens (tertiary/aromatic N) is 3. The maximum atomic E-state index is 11.4. The third kappa shape index (κ3) is 2.36. The molecule has 0 amide bonds. The average molecular weight is 263 g/mol. The van der Waals surface area contributed by atoms with E-state index in [0.29, 0.717) is 5.56 Å². The van der Waals surface area contributed by atoms with E-state index in [2.05, 4.69) is 10.2 Å². The second-order valence-electron chi connectivity index (χ2n) is 4.49. The Balaban J connectivity index is 1.98. The molecule has 0 N–H and O–H groups in total. The van der Waals surface area contributed by atoms with Gasteiger partial charge in [0.05, 0.1) is 11.9 Å². The highest BCUT2D eigenvalue weighted by atomic mass is 16.1. The standard InChI is InChI=1S/C16H13N3O/c1-12(20)14-8-5-9-15(10-14)19-17-11-16(18-19)13-6-3-2-4-7-13/h2-11H,1H3. The van der Waals surface area contributed by atoms with Crippen LogP contribution in [0.1, 0.15) is 17.3 Å². The minimum absolute atomic E-state index is 0.0299. The minimum Gasteiger partial charge on any atom is -0.295 e. The summed E-state index contributed by atoms with van der Waals surface area (Å²) in [5.74, 6) is 0.0299. The summed E-state index contributed by atoms with van der Waals surface area (Å²) >= 11 is 0. The Morgan fingerprint density at radius 3 is 2.60 bits per heavy atom. The van der Waals surface area contributed by atoms with Crippen molar-refractivity contribution in [3.05, 3.63) is 66.4 Å². The fourth-order valence-corrected chi connectivity index (χ4v) is 1.98. The Bertz CT molecular complexity index is 747. The van der Waals surface area contributed by atoms with Gasteiger partial charge < -0.3 is 0 Å². The zero-order valence-electron chi connectivity index (χ0n) is 11.0. The summed E-state index contributed by atoms with van der Waals surface area (Å²) in [6.45, 7) is 1.55. The molecule has 0 spiro atoms. The first-order valence-corrected chi connectivity index (χ1v) is 6.33. The number of Topliss-reactive ketones (excluding diaryl/α,β-unsaturated/α-hetero) is 1. The van der Waals surface area contributed by atoms with E-state index in [0.717, 1.165) is 16.9 Å². The van der Waals surface area contributed by atoms with Crippen LogP contribution in [0.15, 0.2) is 60.8 Å². The molecule has 2 aromatic carbocycles. The van der Waals surface area contributed by atoms with Crippen LogP contribution < -0.4 is 0 Å². The molecule has 0 aliphatic rings. The predicted octanol–water partition coefficient (Wildman–Crippen LogP) is 3.14. The average Bonchev–Trinajstić information content (AvgIpc) is 2.98. The summed E-state index contributed by atoms with van der Waals surface area (Å²) in [5.41, 5.74) is 3.25. The Labute approximate surface area is 116 Å². The van der Waals surface area contributed by atoms with Crippen molar-refractivity contribution in [2.75, 3.05) is 0 Å². The van der Waals surface area contributed by atoms with Crippen molar-refractivity contribution in [1.82, 2.24) is 15.0 Å². The van der Waals surface area contributed by atoms with E-state index in [-0.39, 0.29) is 5.78 Å². The first kappa shape index (κ1) is 12.3. The molecule has 3 rings (SSSR count). The van der Waals surface area contributed by atoms with Crippen molar-refractivity contribution >= 4 is 5.78 Å². The number of aromatic nitrogens is 3. The SMILES string of the molecule is CC(=O)c1cccc(-n2ncc(-c3ccccc3)n2)c1. The Morgan fingerprint density at radius 1 is 1.05 bits per heavy atom. The molecule has 0 bridgehead atoms. The molecular formula is C16H13N3O. The van der Waals surface area contributed by atoms with Gasteiger partial charge in [-0.25, -0.2) is 0 Å². The number of benzene rings is 2. The zero-order valence-corrected chi connectivity index (χ0v) is 11.0. The third-order valence-corrected chi connectivity index (χ3v) is 3.05. The lowest BCUT2D eigenvalue weighted by Gasteiger charge is -2.01. The van der Waals surface area contributed by atoms with E-state index >= 15 is 0 Å². The summed E-state index contributed by atoms with van der Waals surface area (Å²) in [6, 6.07) is 17.1. The predicted molar refractivity (Wildman–Crippen MR) is 76.8 cm³/mol. The van der Waals surface area contributed by atoms with E-state index in [4.69, 9.17) is 0 Å². The van der Waals surface area contributed by atoms with E-state index < -0.39 is 0 Å². The van der Waals surface area contributed by atoms with Gasteiger partial charge in [0.15, 0.2) is 5.78 Å². The number of hydrogen-bond donors (Lipinski definition) is 0. The summed E-state index contributed by atoms with van der Waals surface area (Å²) in [4.78, 5) is 12.9. The molecule has 20 heavy (non-hydrogen) atoms. The van der Waals surface area contributed by atoms with Crippen LogP contribution in [0.2, 0.25) is 0 Å². The maximum absolute atomic E-state index is 11.4. The highest BCUT2D eigenvalue weighted by Crippen LogP contribution is 2.16. The first-order valence-electron chi connectivity index (χ1n) is 6.33. The monoisotopic (exact) mass is 263 g/mol. The van der Waals surface area contributed by atoms with Gasteiger partial charge in [0.25, 0.3) is 0 Å². The molecule has 0 fully saturated rings. The van der Waals surface area contributed by atoms with Crippen molar-refractivity contribution in [2.45, 2.75) is 6.92 Å². The van der Waals surface area contributed by atoms with Gasteiger partial charge in [0.2, 0.25) is 0 Å². The Hall–Kier alpha value is -2.75. The van der Waals surface area contributed by atoms with Crippen molar-refractivity contribution in [1.29, 1.82) is 0 Å². The summed E-state index contributed by atoms with van der Waals surface area (Å²) in [7, 11) is 0. The highest BCUT2D eigenvalue weighted by Gasteiger charge is 2.06. The quantitative estimate of drug-likeness (QED) is 0.682. The summed E-state index contributed by atoms with van der Waals surface area (Å²) in [5, 5.41) is 8.70. The fourth-order valence-electron chi connectivity index (χ4n) is 1.98. The normalized spacial score (nSPS) is 10.4. The molecule has 0 saturated carbocycles. The van der Waals surface area contributed by atoms with Gasteiger partial charge in [-0.2, -0.15) is 9.90 Å². The van der Waals surface area contributed by atoms with Crippen LogP contribution >= 0.6 is 0 Å². The Morgan fingerprint density at radius 2 is 1.85 bits per heavy atom.